The van der Waals surface area contributed by atoms with Gasteiger partial charge in [0.2, 0.25) is 21.7 Å². The van der Waals surface area contributed by atoms with Gasteiger partial charge in [-0.2, -0.15) is 4.98 Å². The molecule has 2 aromatic carbocycles. The molecule has 4 rings (SSSR count). The second kappa shape index (κ2) is 8.61. The Balaban J connectivity index is 1.52. The molecule has 2 heterocycles. The van der Waals surface area contributed by atoms with Crippen molar-refractivity contribution in [2.45, 2.75) is 31.3 Å². The molecule has 0 aliphatic heterocycles. The normalized spacial score (nSPS) is 11.8. The van der Waals surface area contributed by atoms with Crippen molar-refractivity contribution in [3.8, 4) is 17.1 Å². The lowest BCUT2D eigenvalue weighted by molar-refractivity contribution is 0.376. The van der Waals surface area contributed by atoms with Crippen molar-refractivity contribution in [2.24, 2.45) is 0 Å². The minimum Gasteiger partial charge on any atom is -0.497 e. The largest absolute Gasteiger partial charge is 0.497 e. The first kappa shape index (κ1) is 21.2. The highest BCUT2D eigenvalue weighted by molar-refractivity contribution is 7.89. The summed E-state index contributed by atoms with van der Waals surface area (Å²) in [5.74, 6) is 1.10. The minimum absolute atomic E-state index is 0.0671. The molecule has 1 N–H and O–H groups in total. The molecule has 0 saturated carbocycles. The maximum Gasteiger partial charge on any atom is 0.308 e. The summed E-state index contributed by atoms with van der Waals surface area (Å²) in [6, 6.07) is 11.8. The lowest BCUT2D eigenvalue weighted by Gasteiger charge is -2.06. The molecule has 0 unspecified atom stereocenters. The van der Waals surface area contributed by atoms with Gasteiger partial charge in [-0.1, -0.05) is 35.5 Å². The van der Waals surface area contributed by atoms with Crippen molar-refractivity contribution < 1.29 is 17.7 Å². The Morgan fingerprint density at radius 1 is 1.23 bits per heavy atom. The highest BCUT2D eigenvalue weighted by atomic mass is 32.2. The van der Waals surface area contributed by atoms with E-state index in [4.69, 9.17) is 9.26 Å². The van der Waals surface area contributed by atoms with Crippen molar-refractivity contribution in [3.63, 3.8) is 0 Å². The first-order valence-corrected chi connectivity index (χ1v) is 11.8. The fourth-order valence-electron chi connectivity index (χ4n) is 3.10. The Bertz CT molecular complexity index is 1390. The minimum atomic E-state index is -3.83. The molecule has 0 aliphatic carbocycles. The SMILES string of the molecule is CCCn1c(=O)sc2cc(S(=O)(=O)NCc3nc(-c4cccc(OC)c4)no3)ccc21. The number of thiazole rings is 1. The predicted octanol–water partition coefficient (Wildman–Crippen LogP) is 3.01. The van der Waals surface area contributed by atoms with Gasteiger partial charge in [-0.3, -0.25) is 9.36 Å². The van der Waals surface area contributed by atoms with Gasteiger partial charge >= 0.3 is 4.87 Å². The molecular formula is C20H20N4O5S2. The van der Waals surface area contributed by atoms with Crippen LogP contribution in [0.15, 0.2) is 56.7 Å². The zero-order valence-corrected chi connectivity index (χ0v) is 18.5. The number of rotatable bonds is 8. The summed E-state index contributed by atoms with van der Waals surface area (Å²) in [7, 11) is -2.27. The molecule has 162 valence electrons. The molecule has 0 bridgehead atoms. The van der Waals surface area contributed by atoms with Gasteiger partial charge in [0.25, 0.3) is 0 Å². The van der Waals surface area contributed by atoms with Crippen LogP contribution in [0.3, 0.4) is 0 Å². The Hall–Kier alpha value is -3.02. The number of ether oxygens (including phenoxy) is 1. The number of nitrogens with zero attached hydrogens (tertiary/aromatic N) is 3. The monoisotopic (exact) mass is 460 g/mol. The molecular weight excluding hydrogens is 440 g/mol. The molecule has 0 fully saturated rings. The molecule has 0 spiro atoms. The maximum absolute atomic E-state index is 12.7. The van der Waals surface area contributed by atoms with E-state index in [0.29, 0.717) is 28.4 Å². The predicted molar refractivity (Wildman–Crippen MR) is 117 cm³/mol. The quantitative estimate of drug-likeness (QED) is 0.430. The second-order valence-corrected chi connectivity index (χ2v) is 9.48. The number of methoxy groups -OCH3 is 1. The van der Waals surface area contributed by atoms with Crippen molar-refractivity contribution in [3.05, 3.63) is 58.0 Å². The molecule has 0 saturated heterocycles. The van der Waals surface area contributed by atoms with Gasteiger partial charge in [-0.25, -0.2) is 13.1 Å². The van der Waals surface area contributed by atoms with Crippen LogP contribution in [-0.4, -0.2) is 30.2 Å². The Kier molecular flexibility index (Phi) is 5.90. The van der Waals surface area contributed by atoms with E-state index in [-0.39, 0.29) is 22.2 Å². The van der Waals surface area contributed by atoms with Crippen LogP contribution in [0, 0.1) is 0 Å². The zero-order chi connectivity index (χ0) is 22.0. The molecule has 0 radical (unpaired) electrons. The Labute approximate surface area is 182 Å². The second-order valence-electron chi connectivity index (χ2n) is 6.72. The van der Waals surface area contributed by atoms with E-state index in [1.807, 2.05) is 6.92 Å². The van der Waals surface area contributed by atoms with Crippen molar-refractivity contribution in [1.82, 2.24) is 19.4 Å². The summed E-state index contributed by atoms with van der Waals surface area (Å²) in [5.41, 5.74) is 1.42. The number of aryl methyl sites for hydroxylation is 1. The van der Waals surface area contributed by atoms with Gasteiger partial charge in [0.1, 0.15) is 5.75 Å². The number of aromatic nitrogens is 3. The number of benzene rings is 2. The summed E-state index contributed by atoms with van der Waals surface area (Å²) < 4.78 is 40.5. The highest BCUT2D eigenvalue weighted by Gasteiger charge is 2.18. The molecule has 0 atom stereocenters. The third kappa shape index (κ3) is 4.38. The summed E-state index contributed by atoms with van der Waals surface area (Å²) in [6.07, 6.45) is 0.815. The van der Waals surface area contributed by atoms with Gasteiger partial charge in [-0.15, -0.1) is 0 Å². The van der Waals surface area contributed by atoms with Crippen LogP contribution in [0.5, 0.6) is 5.75 Å². The fourth-order valence-corrected chi connectivity index (χ4v) is 5.13. The summed E-state index contributed by atoms with van der Waals surface area (Å²) >= 11 is 1.03. The number of sulfonamides is 1. The number of hydrogen-bond acceptors (Lipinski definition) is 8. The van der Waals surface area contributed by atoms with E-state index < -0.39 is 10.0 Å². The lowest BCUT2D eigenvalue weighted by atomic mass is 10.2. The molecule has 11 heteroatoms. The van der Waals surface area contributed by atoms with E-state index in [2.05, 4.69) is 14.9 Å². The maximum atomic E-state index is 12.7. The van der Waals surface area contributed by atoms with Crippen LogP contribution >= 0.6 is 11.3 Å². The van der Waals surface area contributed by atoms with Crippen LogP contribution in [0.4, 0.5) is 0 Å². The molecule has 0 amide bonds. The van der Waals surface area contributed by atoms with Crippen LogP contribution in [0.1, 0.15) is 19.2 Å². The van der Waals surface area contributed by atoms with Crippen molar-refractivity contribution in [2.75, 3.05) is 7.11 Å². The number of hydrogen-bond donors (Lipinski definition) is 1. The van der Waals surface area contributed by atoms with Crippen LogP contribution in [0.25, 0.3) is 21.6 Å². The molecule has 9 nitrogen and oxygen atoms in total. The third-order valence-electron chi connectivity index (χ3n) is 4.61. The van der Waals surface area contributed by atoms with E-state index in [0.717, 1.165) is 23.3 Å². The van der Waals surface area contributed by atoms with Gasteiger partial charge in [0.15, 0.2) is 0 Å². The van der Waals surface area contributed by atoms with E-state index in [1.165, 1.54) is 12.1 Å². The van der Waals surface area contributed by atoms with Gasteiger partial charge in [-0.05, 0) is 36.8 Å². The first-order valence-electron chi connectivity index (χ1n) is 9.51. The average Bonchev–Trinajstić information content (AvgIpc) is 3.37. The third-order valence-corrected chi connectivity index (χ3v) is 6.95. The van der Waals surface area contributed by atoms with Crippen molar-refractivity contribution in [1.29, 1.82) is 0 Å². The van der Waals surface area contributed by atoms with Crippen LogP contribution in [-0.2, 0) is 23.1 Å². The highest BCUT2D eigenvalue weighted by Crippen LogP contribution is 2.23. The lowest BCUT2D eigenvalue weighted by Crippen LogP contribution is -2.23. The summed E-state index contributed by atoms with van der Waals surface area (Å²) in [5, 5.41) is 3.89. The molecule has 4 aromatic rings. The Morgan fingerprint density at radius 3 is 2.84 bits per heavy atom. The van der Waals surface area contributed by atoms with Crippen LogP contribution < -0.4 is 14.3 Å². The van der Waals surface area contributed by atoms with E-state index in [9.17, 15) is 13.2 Å². The summed E-state index contributed by atoms with van der Waals surface area (Å²) in [6.45, 7) is 2.41. The average molecular weight is 461 g/mol. The van der Waals surface area contributed by atoms with Gasteiger partial charge in [0.05, 0.1) is 28.8 Å². The Morgan fingerprint density at radius 2 is 2.06 bits per heavy atom. The fraction of sp³-hybridized carbons (Fsp3) is 0.250. The smallest absolute Gasteiger partial charge is 0.308 e. The summed E-state index contributed by atoms with van der Waals surface area (Å²) in [4.78, 5) is 16.3. The van der Waals surface area contributed by atoms with E-state index >= 15 is 0 Å². The zero-order valence-electron chi connectivity index (χ0n) is 16.9. The number of fused-ring (bicyclic) bond motifs is 1. The first-order chi connectivity index (χ1) is 14.9. The molecule has 2 aromatic heterocycles. The van der Waals surface area contributed by atoms with Crippen molar-refractivity contribution >= 4 is 31.6 Å². The van der Waals surface area contributed by atoms with Gasteiger partial charge < -0.3 is 9.26 Å². The molecule has 0 aliphatic rings. The number of nitrogens with one attached hydrogen (secondary N) is 1. The van der Waals surface area contributed by atoms with Gasteiger partial charge in [0, 0.05) is 12.1 Å². The van der Waals surface area contributed by atoms with Crippen LogP contribution in [0.2, 0.25) is 0 Å². The standard InChI is InChI=1S/C20H20N4O5S2/c1-3-9-24-16-8-7-15(11-17(16)30-20(24)25)31(26,27)21-12-18-22-19(23-29-18)13-5-4-6-14(10-13)28-2/h4-8,10-11,21H,3,9,12H2,1-2H3. The molecule has 31 heavy (non-hydrogen) atoms. The van der Waals surface area contributed by atoms with E-state index in [1.54, 1.807) is 42.0 Å². The topological polar surface area (TPSA) is 116 Å².